The van der Waals surface area contributed by atoms with Crippen molar-refractivity contribution < 1.29 is 14.7 Å². The maximum atomic E-state index is 11.7. The predicted octanol–water partition coefficient (Wildman–Crippen LogP) is 0.0464. The molecule has 2 amide bonds. The first-order valence-electron chi connectivity index (χ1n) is 6.88. The van der Waals surface area contributed by atoms with E-state index in [0.29, 0.717) is 12.2 Å². The number of hydrogen-bond donors (Lipinski definition) is 4. The van der Waals surface area contributed by atoms with Crippen LogP contribution in [0.5, 0.6) is 0 Å². The first kappa shape index (κ1) is 17.0. The molecule has 1 aromatic rings. The second-order valence-electron chi connectivity index (χ2n) is 5.08. The summed E-state index contributed by atoms with van der Waals surface area (Å²) in [6, 6.07) is -1.45. The molecule has 1 heterocycles. The fraction of sp³-hybridized carbons (Fsp3) is 0.615. The third-order valence-electron chi connectivity index (χ3n) is 2.90. The predicted molar refractivity (Wildman–Crippen MR) is 78.0 cm³/mol. The highest BCUT2D eigenvalue weighted by atomic mass is 16.4. The zero-order valence-corrected chi connectivity index (χ0v) is 12.4. The van der Waals surface area contributed by atoms with E-state index in [-0.39, 0.29) is 6.42 Å². The molecule has 0 aliphatic rings. The number of imidazole rings is 1. The molecule has 1 atom stereocenters. The lowest BCUT2D eigenvalue weighted by Gasteiger charge is -2.14. The molecule has 1 rings (SSSR count). The monoisotopic (exact) mass is 297 g/mol. The number of H-pyrrole nitrogens is 1. The Morgan fingerprint density at radius 3 is 2.76 bits per heavy atom. The van der Waals surface area contributed by atoms with Crippen molar-refractivity contribution in [1.29, 1.82) is 0 Å². The van der Waals surface area contributed by atoms with Crippen LogP contribution in [0.3, 0.4) is 0 Å². The SMILES string of the molecule is CN(C)CCCCNC(=O)NC(Cc1cnc[nH]1)C(=O)O. The lowest BCUT2D eigenvalue weighted by atomic mass is 10.2. The maximum absolute atomic E-state index is 11.7. The van der Waals surface area contributed by atoms with Crippen LogP contribution in [-0.4, -0.2) is 65.2 Å². The Bertz CT molecular complexity index is 433. The number of nitrogens with one attached hydrogen (secondary N) is 3. The molecule has 0 saturated heterocycles. The Morgan fingerprint density at radius 1 is 1.43 bits per heavy atom. The van der Waals surface area contributed by atoms with E-state index in [1.165, 1.54) is 12.5 Å². The lowest BCUT2D eigenvalue weighted by Crippen LogP contribution is -2.47. The summed E-state index contributed by atoms with van der Waals surface area (Å²) in [5.74, 6) is -1.08. The molecule has 8 nitrogen and oxygen atoms in total. The summed E-state index contributed by atoms with van der Waals surface area (Å²) in [5.41, 5.74) is 0.661. The van der Waals surface area contributed by atoms with Gasteiger partial charge in [0, 0.05) is 24.9 Å². The number of aliphatic carboxylic acids is 1. The van der Waals surface area contributed by atoms with Gasteiger partial charge >= 0.3 is 12.0 Å². The van der Waals surface area contributed by atoms with Crippen molar-refractivity contribution in [3.05, 3.63) is 18.2 Å². The first-order chi connectivity index (χ1) is 9.99. The molecule has 4 N–H and O–H groups in total. The maximum Gasteiger partial charge on any atom is 0.326 e. The van der Waals surface area contributed by atoms with Gasteiger partial charge in [-0.15, -0.1) is 0 Å². The van der Waals surface area contributed by atoms with Gasteiger partial charge in [0.25, 0.3) is 0 Å². The smallest absolute Gasteiger partial charge is 0.326 e. The van der Waals surface area contributed by atoms with Crippen LogP contribution in [0.15, 0.2) is 12.5 Å². The van der Waals surface area contributed by atoms with E-state index in [1.54, 1.807) is 0 Å². The number of unbranched alkanes of at least 4 members (excludes halogenated alkanes) is 1. The molecule has 0 bridgehead atoms. The summed E-state index contributed by atoms with van der Waals surface area (Å²) in [4.78, 5) is 31.5. The largest absolute Gasteiger partial charge is 0.480 e. The number of nitrogens with zero attached hydrogens (tertiary/aromatic N) is 2. The highest BCUT2D eigenvalue weighted by Gasteiger charge is 2.20. The van der Waals surface area contributed by atoms with E-state index in [2.05, 4.69) is 25.5 Å². The number of carbonyl (C=O) groups is 2. The van der Waals surface area contributed by atoms with Gasteiger partial charge in [-0.1, -0.05) is 0 Å². The summed E-state index contributed by atoms with van der Waals surface area (Å²) in [5, 5.41) is 14.2. The molecule has 0 radical (unpaired) electrons. The standard InChI is InChI=1S/C13H23N5O3/c1-18(2)6-4-3-5-15-13(21)17-11(12(19)20)7-10-8-14-9-16-10/h8-9,11H,3-7H2,1-2H3,(H,14,16)(H,19,20)(H2,15,17,21). The lowest BCUT2D eigenvalue weighted by molar-refractivity contribution is -0.139. The van der Waals surface area contributed by atoms with E-state index in [1.807, 2.05) is 14.1 Å². The number of aromatic amines is 1. The van der Waals surface area contributed by atoms with Gasteiger partial charge < -0.3 is 25.6 Å². The van der Waals surface area contributed by atoms with Crippen LogP contribution in [0.25, 0.3) is 0 Å². The van der Waals surface area contributed by atoms with Crippen LogP contribution in [0.2, 0.25) is 0 Å². The molecule has 0 aliphatic carbocycles. The van der Waals surface area contributed by atoms with Crippen molar-refractivity contribution in [2.45, 2.75) is 25.3 Å². The minimum Gasteiger partial charge on any atom is -0.480 e. The zero-order chi connectivity index (χ0) is 15.7. The third kappa shape index (κ3) is 7.31. The van der Waals surface area contributed by atoms with Crippen molar-refractivity contribution in [3.63, 3.8) is 0 Å². The molecule has 0 aromatic carbocycles. The molecule has 0 spiro atoms. The fourth-order valence-electron chi connectivity index (χ4n) is 1.78. The topological polar surface area (TPSA) is 110 Å². The van der Waals surface area contributed by atoms with E-state index < -0.39 is 18.0 Å². The average molecular weight is 297 g/mol. The van der Waals surface area contributed by atoms with Gasteiger partial charge in [-0.3, -0.25) is 0 Å². The first-order valence-corrected chi connectivity index (χ1v) is 6.88. The normalized spacial score (nSPS) is 12.1. The Kier molecular flexibility index (Phi) is 7.24. The number of amides is 2. The van der Waals surface area contributed by atoms with Gasteiger partial charge in [-0.2, -0.15) is 0 Å². The molecular formula is C13H23N5O3. The quantitative estimate of drug-likeness (QED) is 0.481. The molecule has 1 unspecified atom stereocenters. The van der Waals surface area contributed by atoms with Gasteiger partial charge in [-0.05, 0) is 33.5 Å². The van der Waals surface area contributed by atoms with Crippen molar-refractivity contribution in [1.82, 2.24) is 25.5 Å². The van der Waals surface area contributed by atoms with Gasteiger partial charge in [-0.25, -0.2) is 14.6 Å². The van der Waals surface area contributed by atoms with Crippen molar-refractivity contribution in [2.24, 2.45) is 0 Å². The highest BCUT2D eigenvalue weighted by Crippen LogP contribution is 1.99. The Morgan fingerprint density at radius 2 is 2.19 bits per heavy atom. The highest BCUT2D eigenvalue weighted by molar-refractivity contribution is 5.82. The van der Waals surface area contributed by atoms with Crippen molar-refractivity contribution >= 4 is 12.0 Å². The molecule has 21 heavy (non-hydrogen) atoms. The van der Waals surface area contributed by atoms with Crippen LogP contribution in [0.1, 0.15) is 18.5 Å². The summed E-state index contributed by atoms with van der Waals surface area (Å²) < 4.78 is 0. The van der Waals surface area contributed by atoms with Crippen LogP contribution < -0.4 is 10.6 Å². The van der Waals surface area contributed by atoms with Gasteiger partial charge in [0.1, 0.15) is 6.04 Å². The molecular weight excluding hydrogens is 274 g/mol. The molecule has 0 aliphatic heterocycles. The number of carboxylic acids is 1. The number of carbonyl (C=O) groups excluding carboxylic acids is 1. The molecule has 0 fully saturated rings. The van der Waals surface area contributed by atoms with Gasteiger partial charge in [0.05, 0.1) is 6.33 Å². The minimum absolute atomic E-state index is 0.170. The van der Waals surface area contributed by atoms with Crippen LogP contribution >= 0.6 is 0 Å². The van der Waals surface area contributed by atoms with Crippen LogP contribution in [0, 0.1) is 0 Å². The van der Waals surface area contributed by atoms with Crippen LogP contribution in [-0.2, 0) is 11.2 Å². The Labute approximate surface area is 123 Å². The summed E-state index contributed by atoms with van der Waals surface area (Å²) in [6.07, 6.45) is 5.01. The number of hydrogen-bond acceptors (Lipinski definition) is 4. The van der Waals surface area contributed by atoms with Gasteiger partial charge in [0.15, 0.2) is 0 Å². The Balaban J connectivity index is 2.27. The van der Waals surface area contributed by atoms with E-state index >= 15 is 0 Å². The Hall–Kier alpha value is -2.09. The minimum atomic E-state index is -1.08. The second-order valence-corrected chi connectivity index (χ2v) is 5.08. The number of urea groups is 1. The van der Waals surface area contributed by atoms with Crippen LogP contribution in [0.4, 0.5) is 4.79 Å². The summed E-state index contributed by atoms with van der Waals surface area (Å²) >= 11 is 0. The number of rotatable bonds is 9. The molecule has 1 aromatic heterocycles. The van der Waals surface area contributed by atoms with E-state index in [0.717, 1.165) is 19.4 Å². The third-order valence-corrected chi connectivity index (χ3v) is 2.90. The molecule has 8 heteroatoms. The van der Waals surface area contributed by atoms with E-state index in [4.69, 9.17) is 5.11 Å². The summed E-state index contributed by atoms with van der Waals surface area (Å²) in [6.45, 7) is 1.48. The molecule has 0 saturated carbocycles. The number of aromatic nitrogens is 2. The fourth-order valence-corrected chi connectivity index (χ4v) is 1.78. The number of carboxylic acid groups (broad SMARTS) is 1. The second kappa shape index (κ2) is 8.96. The van der Waals surface area contributed by atoms with E-state index in [9.17, 15) is 9.59 Å². The average Bonchev–Trinajstić information content (AvgIpc) is 2.90. The van der Waals surface area contributed by atoms with Crippen molar-refractivity contribution in [2.75, 3.05) is 27.2 Å². The van der Waals surface area contributed by atoms with Gasteiger partial charge in [0.2, 0.25) is 0 Å². The zero-order valence-electron chi connectivity index (χ0n) is 12.4. The molecule has 118 valence electrons. The van der Waals surface area contributed by atoms with Crippen molar-refractivity contribution in [3.8, 4) is 0 Å². The summed E-state index contributed by atoms with van der Waals surface area (Å²) in [7, 11) is 3.99.